The van der Waals surface area contributed by atoms with Gasteiger partial charge in [-0.1, -0.05) is 380 Å². The second kappa shape index (κ2) is 76.9. The van der Waals surface area contributed by atoms with Gasteiger partial charge in [-0.25, -0.2) is 9.13 Å². The van der Waals surface area contributed by atoms with Crippen molar-refractivity contribution in [1.82, 2.24) is 0 Å². The maximum atomic E-state index is 13.1. The van der Waals surface area contributed by atoms with Crippen LogP contribution >= 0.6 is 15.6 Å². The van der Waals surface area contributed by atoms with E-state index in [1.165, 1.54) is 238 Å². The Kier molecular flexibility index (Phi) is 75.1. The Morgan fingerprint density at radius 2 is 0.514 bits per heavy atom. The quantitative estimate of drug-likeness (QED) is 0.0169. The summed E-state index contributed by atoms with van der Waals surface area (Å²) in [6, 6.07) is 0. The van der Waals surface area contributed by atoms with Gasteiger partial charge in [0.15, 0.2) is 12.2 Å². The largest absolute Gasteiger partial charge is 0.472 e. The Hall–Kier alpha value is -2.46. The lowest BCUT2D eigenvalue weighted by Gasteiger charge is -2.21. The highest BCUT2D eigenvalue weighted by Crippen LogP contribution is 2.45. The molecule has 0 bridgehead atoms. The van der Waals surface area contributed by atoms with E-state index in [-0.39, 0.29) is 25.7 Å². The number of unbranched alkanes of at least 4 members (excludes halogenated alkanes) is 50. The van der Waals surface area contributed by atoms with E-state index >= 15 is 0 Å². The van der Waals surface area contributed by atoms with Crippen molar-refractivity contribution in [3.63, 3.8) is 0 Å². The Morgan fingerprint density at radius 1 is 0.295 bits per heavy atom. The van der Waals surface area contributed by atoms with E-state index < -0.39 is 97.5 Å². The van der Waals surface area contributed by atoms with Crippen LogP contribution in [0.4, 0.5) is 0 Å². The molecule has 0 aliphatic heterocycles. The third-order valence-electron chi connectivity index (χ3n) is 19.6. The van der Waals surface area contributed by atoms with Crippen LogP contribution in [0, 0.1) is 11.8 Å². The second-order valence-corrected chi connectivity index (χ2v) is 34.1. The van der Waals surface area contributed by atoms with E-state index in [0.29, 0.717) is 25.7 Å². The van der Waals surface area contributed by atoms with Crippen LogP contribution in [-0.4, -0.2) is 96.7 Å². The van der Waals surface area contributed by atoms with Crippen LogP contribution in [0.2, 0.25) is 0 Å². The van der Waals surface area contributed by atoms with Crippen LogP contribution in [-0.2, 0) is 65.4 Å². The molecule has 0 spiro atoms. The lowest BCUT2D eigenvalue weighted by molar-refractivity contribution is -0.161. The van der Waals surface area contributed by atoms with Crippen molar-refractivity contribution in [2.24, 2.45) is 11.8 Å². The van der Waals surface area contributed by atoms with Crippen molar-refractivity contribution in [3.8, 4) is 0 Å². The topological polar surface area (TPSA) is 237 Å². The second-order valence-electron chi connectivity index (χ2n) is 31.2. The average molecular weight is 1530 g/mol. The molecule has 0 aliphatic carbocycles. The summed E-state index contributed by atoms with van der Waals surface area (Å²) in [7, 11) is -9.94. The first-order valence-electron chi connectivity index (χ1n) is 43.8. The summed E-state index contributed by atoms with van der Waals surface area (Å²) in [5.74, 6) is -0.595. The van der Waals surface area contributed by atoms with Crippen LogP contribution < -0.4 is 0 Å². The average Bonchev–Trinajstić information content (AvgIpc) is 0.905. The summed E-state index contributed by atoms with van der Waals surface area (Å²) < 4.78 is 68.8. The SMILES string of the molecule is CCCCCC/C=C\C=C/CCCCCCCC(=O)O[C@H](COC(=O)CCCCCCCCCCCC(C)C)COP(=O)(O)OC[C@H](O)COP(=O)(O)OC[C@@H](COC(=O)CCCCCCCCCCCCCCCCC(C)C)OC(=O)CCCCCCCCCCCCCCCCCCCCCCC. The number of aliphatic hydroxyl groups excluding tert-OH is 1. The molecule has 0 radical (unpaired) electrons. The molecule has 3 N–H and O–H groups in total. The third-order valence-corrected chi connectivity index (χ3v) is 21.5. The normalized spacial score (nSPS) is 14.0. The maximum absolute atomic E-state index is 13.1. The van der Waals surface area contributed by atoms with E-state index in [2.05, 4.69) is 65.8 Å². The molecule has 5 atom stereocenters. The van der Waals surface area contributed by atoms with Gasteiger partial charge in [0.25, 0.3) is 0 Å². The number of ether oxygens (including phenoxy) is 4. The van der Waals surface area contributed by atoms with Crippen molar-refractivity contribution in [2.45, 2.75) is 452 Å². The van der Waals surface area contributed by atoms with E-state index in [4.69, 9.17) is 37.0 Å². The van der Waals surface area contributed by atoms with Gasteiger partial charge in [0.05, 0.1) is 26.4 Å². The molecular formula is C86H164O17P2. The molecule has 17 nitrogen and oxygen atoms in total. The molecule has 620 valence electrons. The van der Waals surface area contributed by atoms with Crippen LogP contribution in [0.3, 0.4) is 0 Å². The number of hydrogen-bond acceptors (Lipinski definition) is 15. The van der Waals surface area contributed by atoms with Gasteiger partial charge in [-0.2, -0.15) is 0 Å². The summed E-state index contributed by atoms with van der Waals surface area (Å²) in [6.45, 7) is 9.60. The zero-order chi connectivity index (χ0) is 77.1. The van der Waals surface area contributed by atoms with Gasteiger partial charge in [0.1, 0.15) is 19.3 Å². The number of rotatable bonds is 83. The number of esters is 4. The molecule has 105 heavy (non-hydrogen) atoms. The third kappa shape index (κ3) is 79.4. The first-order chi connectivity index (χ1) is 50.9. The highest BCUT2D eigenvalue weighted by Gasteiger charge is 2.30. The van der Waals surface area contributed by atoms with E-state index in [9.17, 15) is 43.2 Å². The Bertz CT molecular complexity index is 2110. The molecule has 0 saturated carbocycles. The molecule has 0 aliphatic rings. The smallest absolute Gasteiger partial charge is 0.462 e. The summed E-state index contributed by atoms with van der Waals surface area (Å²) in [4.78, 5) is 73.2. The van der Waals surface area contributed by atoms with Crippen molar-refractivity contribution in [1.29, 1.82) is 0 Å². The van der Waals surface area contributed by atoms with Gasteiger partial charge < -0.3 is 33.8 Å². The summed E-state index contributed by atoms with van der Waals surface area (Å²) in [6.07, 6.45) is 71.7. The molecule has 0 amide bonds. The van der Waals surface area contributed by atoms with E-state index in [0.717, 1.165) is 115 Å². The number of carbonyl (C=O) groups excluding carboxylic acids is 4. The fraction of sp³-hybridized carbons (Fsp3) is 0.907. The minimum atomic E-state index is -4.97. The predicted octanol–water partition coefficient (Wildman–Crippen LogP) is 25.8. The highest BCUT2D eigenvalue weighted by molar-refractivity contribution is 7.47. The number of hydrogen-bond donors (Lipinski definition) is 3. The summed E-state index contributed by atoms with van der Waals surface area (Å²) >= 11 is 0. The molecule has 0 heterocycles. The first kappa shape index (κ1) is 103. The number of aliphatic hydroxyl groups is 1. The fourth-order valence-electron chi connectivity index (χ4n) is 12.9. The van der Waals surface area contributed by atoms with Gasteiger partial charge >= 0.3 is 39.5 Å². The Balaban J connectivity index is 5.28. The molecule has 0 aromatic rings. The van der Waals surface area contributed by atoms with E-state index in [1.54, 1.807) is 0 Å². The van der Waals surface area contributed by atoms with Gasteiger partial charge in [0.2, 0.25) is 0 Å². The Morgan fingerprint density at radius 3 is 0.781 bits per heavy atom. The van der Waals surface area contributed by atoms with Crippen molar-refractivity contribution < 1.29 is 80.2 Å². The van der Waals surface area contributed by atoms with Crippen molar-refractivity contribution >= 4 is 39.5 Å². The van der Waals surface area contributed by atoms with Crippen molar-refractivity contribution in [2.75, 3.05) is 39.6 Å². The molecule has 0 aromatic carbocycles. The minimum Gasteiger partial charge on any atom is -0.462 e. The van der Waals surface area contributed by atoms with Gasteiger partial charge in [-0.3, -0.25) is 37.3 Å². The van der Waals surface area contributed by atoms with Gasteiger partial charge in [-0.15, -0.1) is 0 Å². The monoisotopic (exact) mass is 1530 g/mol. The number of phosphoric acid groups is 2. The summed E-state index contributed by atoms with van der Waals surface area (Å²) in [5, 5.41) is 10.7. The standard InChI is InChI=1S/C86H164O17P2/c1-7-9-11-13-15-17-19-21-23-24-25-26-27-28-30-36-40-46-53-59-65-71-86(91)102-81(74-96-83(88)68-62-56-50-44-38-34-32-31-33-37-42-48-54-60-66-78(3)4)76-100-104(92,93)98-72-80(87)73-99-105(94,95)101-77-82(75-97-84(89)69-63-57-51-47-41-43-49-55-61-67-79(5)6)103-85(90)70-64-58-52-45-39-35-29-22-20-18-16-14-12-10-8-2/h18,20,22,29,78-82,87H,7-17,19,21,23-28,30-77H2,1-6H3,(H,92,93)(H,94,95)/b20-18-,29-22-/t80-,81-,82-/m1/s1. The number of carbonyl (C=O) groups is 4. The molecule has 2 unspecified atom stereocenters. The summed E-state index contributed by atoms with van der Waals surface area (Å²) in [5.41, 5.74) is 0. The van der Waals surface area contributed by atoms with Crippen LogP contribution in [0.1, 0.15) is 433 Å². The lowest BCUT2D eigenvalue weighted by atomic mass is 10.0. The number of allylic oxidation sites excluding steroid dienone is 4. The maximum Gasteiger partial charge on any atom is 0.472 e. The van der Waals surface area contributed by atoms with Gasteiger partial charge in [0, 0.05) is 25.7 Å². The predicted molar refractivity (Wildman–Crippen MR) is 432 cm³/mol. The van der Waals surface area contributed by atoms with Crippen LogP contribution in [0.15, 0.2) is 24.3 Å². The minimum absolute atomic E-state index is 0.0849. The molecule has 0 rings (SSSR count). The Labute approximate surface area is 643 Å². The molecule has 19 heteroatoms. The zero-order valence-electron chi connectivity index (χ0n) is 68.5. The van der Waals surface area contributed by atoms with Crippen LogP contribution in [0.25, 0.3) is 0 Å². The molecule has 0 saturated heterocycles. The lowest BCUT2D eigenvalue weighted by Crippen LogP contribution is -2.30. The zero-order valence-corrected chi connectivity index (χ0v) is 70.3. The number of phosphoric ester groups is 2. The van der Waals surface area contributed by atoms with E-state index in [1.807, 2.05) is 0 Å². The van der Waals surface area contributed by atoms with Crippen LogP contribution in [0.5, 0.6) is 0 Å². The van der Waals surface area contributed by atoms with Crippen molar-refractivity contribution in [3.05, 3.63) is 24.3 Å². The molecule has 0 fully saturated rings. The fourth-order valence-corrected chi connectivity index (χ4v) is 14.5. The first-order valence-corrected chi connectivity index (χ1v) is 46.8. The van der Waals surface area contributed by atoms with Gasteiger partial charge in [-0.05, 0) is 63.2 Å². The molecular weight excluding hydrogens is 1370 g/mol. The highest BCUT2D eigenvalue weighted by atomic mass is 31.2. The molecule has 0 aromatic heterocycles.